The van der Waals surface area contributed by atoms with Gasteiger partial charge in [-0.25, -0.2) is 14.4 Å². The number of hydrogen-bond donors (Lipinski definition) is 2. The van der Waals surface area contributed by atoms with Crippen molar-refractivity contribution >= 4 is 18.4 Å². The Kier molecular flexibility index (Phi) is 7.65. The first kappa shape index (κ1) is 22.3. The normalized spacial score (nSPS) is 11.4. The number of hydrogen-bond acceptors (Lipinski definition) is 5. The molecule has 3 N–H and O–H groups in total. The predicted octanol–water partition coefficient (Wildman–Crippen LogP) is 4.75. The van der Waals surface area contributed by atoms with Gasteiger partial charge in [0, 0.05) is 42.3 Å². The largest absolute Gasteiger partial charge is 0.353 e. The molecule has 7 heteroatoms. The second kappa shape index (κ2) is 10.6. The van der Waals surface area contributed by atoms with Gasteiger partial charge in [0.05, 0.1) is 5.69 Å². The lowest BCUT2D eigenvalue weighted by molar-refractivity contribution is 0.628. The molecule has 2 aromatic heterocycles. The van der Waals surface area contributed by atoms with Crippen LogP contribution in [0.5, 0.6) is 0 Å². The SMILES string of the molecule is Cl.NC(CNc1ncc(-c2cccc(F)c2)c(-c2ccncc2)n1)Cc1ccccc1. The van der Waals surface area contributed by atoms with Crippen molar-refractivity contribution in [3.05, 3.63) is 96.7 Å². The Hall–Kier alpha value is -3.35. The molecule has 0 saturated heterocycles. The molecule has 4 rings (SSSR count). The Labute approximate surface area is 187 Å². The van der Waals surface area contributed by atoms with Crippen molar-refractivity contribution in [3.8, 4) is 22.4 Å². The van der Waals surface area contributed by atoms with Gasteiger partial charge in [-0.15, -0.1) is 12.4 Å². The van der Waals surface area contributed by atoms with Crippen LogP contribution in [0.4, 0.5) is 10.3 Å². The fourth-order valence-electron chi connectivity index (χ4n) is 3.28. The molecule has 2 aromatic carbocycles. The first-order valence-corrected chi connectivity index (χ1v) is 9.76. The number of aromatic nitrogens is 3. The van der Waals surface area contributed by atoms with Gasteiger partial charge in [-0.2, -0.15) is 0 Å². The lowest BCUT2D eigenvalue weighted by Gasteiger charge is -2.15. The fraction of sp³-hybridized carbons (Fsp3) is 0.125. The molecule has 0 radical (unpaired) electrons. The standard InChI is InChI=1S/C24H22FN5.ClH/c25-20-8-4-7-19(14-20)22-16-29-24(30-23(22)18-9-11-27-12-10-18)28-15-21(26)13-17-5-2-1-3-6-17;/h1-12,14,16,21H,13,15,26H2,(H,28,29,30);1H. The summed E-state index contributed by atoms with van der Waals surface area (Å²) >= 11 is 0. The van der Waals surface area contributed by atoms with Crippen molar-refractivity contribution in [2.24, 2.45) is 5.73 Å². The third-order valence-electron chi connectivity index (χ3n) is 4.74. The van der Waals surface area contributed by atoms with Gasteiger partial charge in [0.25, 0.3) is 0 Å². The number of nitrogens with zero attached hydrogens (tertiary/aromatic N) is 3. The molecular weight excluding hydrogens is 413 g/mol. The van der Waals surface area contributed by atoms with Crippen LogP contribution in [0.2, 0.25) is 0 Å². The van der Waals surface area contributed by atoms with Crippen molar-refractivity contribution < 1.29 is 4.39 Å². The van der Waals surface area contributed by atoms with Gasteiger partial charge in [0.2, 0.25) is 5.95 Å². The zero-order chi connectivity index (χ0) is 20.8. The monoisotopic (exact) mass is 435 g/mol. The summed E-state index contributed by atoms with van der Waals surface area (Å²) in [5, 5.41) is 3.23. The highest BCUT2D eigenvalue weighted by molar-refractivity contribution is 5.85. The molecule has 0 bridgehead atoms. The van der Waals surface area contributed by atoms with Gasteiger partial charge in [-0.05, 0) is 41.8 Å². The molecule has 158 valence electrons. The van der Waals surface area contributed by atoms with E-state index < -0.39 is 0 Å². The van der Waals surface area contributed by atoms with Gasteiger partial charge in [0.1, 0.15) is 5.82 Å². The third kappa shape index (κ3) is 5.84. The lowest BCUT2D eigenvalue weighted by Crippen LogP contribution is -2.31. The first-order valence-electron chi connectivity index (χ1n) is 9.76. The van der Waals surface area contributed by atoms with Gasteiger partial charge >= 0.3 is 0 Å². The summed E-state index contributed by atoms with van der Waals surface area (Å²) in [5.74, 6) is 0.174. The van der Waals surface area contributed by atoms with Crippen LogP contribution in [0.1, 0.15) is 5.56 Å². The quantitative estimate of drug-likeness (QED) is 0.438. The van der Waals surface area contributed by atoms with Crippen molar-refractivity contribution in [2.45, 2.75) is 12.5 Å². The van der Waals surface area contributed by atoms with Crippen LogP contribution in [0.3, 0.4) is 0 Å². The molecule has 0 saturated carbocycles. The molecule has 0 spiro atoms. The summed E-state index contributed by atoms with van der Waals surface area (Å²) in [7, 11) is 0. The van der Waals surface area contributed by atoms with E-state index in [9.17, 15) is 4.39 Å². The highest BCUT2D eigenvalue weighted by atomic mass is 35.5. The smallest absolute Gasteiger partial charge is 0.223 e. The van der Waals surface area contributed by atoms with E-state index in [4.69, 9.17) is 10.7 Å². The minimum atomic E-state index is -0.303. The average Bonchev–Trinajstić information content (AvgIpc) is 2.79. The highest BCUT2D eigenvalue weighted by Gasteiger charge is 2.13. The maximum Gasteiger partial charge on any atom is 0.223 e. The van der Waals surface area contributed by atoms with Gasteiger partial charge in [-0.1, -0.05) is 42.5 Å². The Bertz CT molecular complexity index is 1110. The van der Waals surface area contributed by atoms with Crippen LogP contribution in [0.25, 0.3) is 22.4 Å². The van der Waals surface area contributed by atoms with Crippen molar-refractivity contribution in [3.63, 3.8) is 0 Å². The van der Waals surface area contributed by atoms with E-state index in [0.717, 1.165) is 17.5 Å². The number of nitrogens with two attached hydrogens (primary N) is 1. The molecule has 31 heavy (non-hydrogen) atoms. The van der Waals surface area contributed by atoms with E-state index in [1.54, 1.807) is 24.7 Å². The molecule has 1 unspecified atom stereocenters. The van der Waals surface area contributed by atoms with E-state index in [0.29, 0.717) is 23.8 Å². The third-order valence-corrected chi connectivity index (χ3v) is 4.74. The lowest BCUT2D eigenvalue weighted by atomic mass is 10.0. The van der Waals surface area contributed by atoms with E-state index >= 15 is 0 Å². The molecule has 2 heterocycles. The summed E-state index contributed by atoms with van der Waals surface area (Å²) in [4.78, 5) is 13.2. The number of halogens is 2. The Morgan fingerprint density at radius 2 is 1.71 bits per heavy atom. The zero-order valence-corrected chi connectivity index (χ0v) is 17.6. The van der Waals surface area contributed by atoms with Crippen LogP contribution < -0.4 is 11.1 Å². The summed E-state index contributed by atoms with van der Waals surface area (Å²) in [6, 6.07) is 20.2. The van der Waals surface area contributed by atoms with Crippen LogP contribution in [0, 0.1) is 5.82 Å². The number of rotatable bonds is 7. The molecule has 5 nitrogen and oxygen atoms in total. The van der Waals surface area contributed by atoms with Crippen LogP contribution in [-0.4, -0.2) is 27.5 Å². The summed E-state index contributed by atoms with van der Waals surface area (Å²) < 4.78 is 13.8. The van der Waals surface area contributed by atoms with Crippen molar-refractivity contribution in [1.82, 2.24) is 15.0 Å². The topological polar surface area (TPSA) is 76.7 Å². The number of anilines is 1. The van der Waals surface area contributed by atoms with E-state index in [1.807, 2.05) is 36.4 Å². The Morgan fingerprint density at radius 1 is 0.935 bits per heavy atom. The molecule has 0 aliphatic rings. The zero-order valence-electron chi connectivity index (χ0n) is 16.8. The number of nitrogens with one attached hydrogen (secondary N) is 1. The maximum atomic E-state index is 13.8. The highest BCUT2D eigenvalue weighted by Crippen LogP contribution is 2.30. The van der Waals surface area contributed by atoms with E-state index in [-0.39, 0.29) is 24.3 Å². The number of benzene rings is 2. The molecule has 0 amide bonds. The van der Waals surface area contributed by atoms with Crippen LogP contribution in [0.15, 0.2) is 85.3 Å². The van der Waals surface area contributed by atoms with E-state index in [1.165, 1.54) is 17.7 Å². The first-order chi connectivity index (χ1) is 14.7. The molecular formula is C24H23ClFN5. The summed E-state index contributed by atoms with van der Waals surface area (Å²) in [5.41, 5.74) is 10.5. The Morgan fingerprint density at radius 3 is 2.45 bits per heavy atom. The minimum absolute atomic E-state index is 0. The van der Waals surface area contributed by atoms with Gasteiger partial charge < -0.3 is 11.1 Å². The molecule has 4 aromatic rings. The second-order valence-electron chi connectivity index (χ2n) is 7.03. The van der Waals surface area contributed by atoms with Gasteiger partial charge in [-0.3, -0.25) is 4.98 Å². The predicted molar refractivity (Wildman–Crippen MR) is 125 cm³/mol. The second-order valence-corrected chi connectivity index (χ2v) is 7.03. The minimum Gasteiger partial charge on any atom is -0.353 e. The molecule has 0 aliphatic heterocycles. The summed E-state index contributed by atoms with van der Waals surface area (Å²) in [6.07, 6.45) is 5.88. The molecule has 1 atom stereocenters. The Balaban J connectivity index is 0.00000272. The molecule has 0 aliphatic carbocycles. The summed E-state index contributed by atoms with van der Waals surface area (Å²) in [6.45, 7) is 0.532. The number of pyridine rings is 1. The van der Waals surface area contributed by atoms with Crippen LogP contribution >= 0.6 is 12.4 Å². The van der Waals surface area contributed by atoms with E-state index in [2.05, 4.69) is 27.4 Å². The maximum absolute atomic E-state index is 13.8. The fourth-order valence-corrected chi connectivity index (χ4v) is 3.28. The molecule has 0 fully saturated rings. The van der Waals surface area contributed by atoms with Gasteiger partial charge in [0.15, 0.2) is 0 Å². The average molecular weight is 436 g/mol. The van der Waals surface area contributed by atoms with Crippen molar-refractivity contribution in [1.29, 1.82) is 0 Å². The van der Waals surface area contributed by atoms with Crippen molar-refractivity contribution in [2.75, 3.05) is 11.9 Å². The van der Waals surface area contributed by atoms with Crippen LogP contribution in [-0.2, 0) is 6.42 Å².